The smallest absolute Gasteiger partial charge is 0.184 e. The van der Waals surface area contributed by atoms with E-state index in [0.29, 0.717) is 0 Å². The molecule has 0 bridgehead atoms. The van der Waals surface area contributed by atoms with E-state index in [4.69, 9.17) is 17.0 Å². The monoisotopic (exact) mass is 375 g/mol. The minimum absolute atomic E-state index is 0.736. The number of ether oxygens (including phenoxy) is 1. The van der Waals surface area contributed by atoms with Gasteiger partial charge < -0.3 is 4.74 Å². The summed E-state index contributed by atoms with van der Waals surface area (Å²) in [4.78, 5) is 4.53. The number of nitrogens with zero attached hydrogens (tertiary/aromatic N) is 3. The van der Waals surface area contributed by atoms with Crippen molar-refractivity contribution in [2.24, 2.45) is 0 Å². The van der Waals surface area contributed by atoms with Crippen LogP contribution in [0.25, 0.3) is 5.69 Å². The van der Waals surface area contributed by atoms with Crippen molar-refractivity contribution in [2.45, 2.75) is 23.9 Å². The molecular weight excluding hydrogens is 358 g/mol. The molecule has 0 N–H and O–H groups in total. The van der Waals surface area contributed by atoms with Crippen molar-refractivity contribution < 1.29 is 4.74 Å². The Bertz CT molecular complexity index is 903. The van der Waals surface area contributed by atoms with Gasteiger partial charge >= 0.3 is 0 Å². The van der Waals surface area contributed by atoms with Crippen molar-refractivity contribution in [3.8, 4) is 11.4 Å². The van der Waals surface area contributed by atoms with Gasteiger partial charge in [-0.3, -0.25) is 4.98 Å². The van der Waals surface area contributed by atoms with E-state index in [1.807, 2.05) is 50.4 Å². The van der Waals surface area contributed by atoms with Gasteiger partial charge in [-0.15, -0.1) is 5.10 Å². The molecule has 0 radical (unpaired) electrons. The first kappa shape index (κ1) is 17.1. The van der Waals surface area contributed by atoms with Gasteiger partial charge in [-0.2, -0.15) is 0 Å². The molecule has 4 nitrogen and oxygen atoms in total. The molecule has 0 atom stereocenters. The zero-order chi connectivity index (χ0) is 17.1. The number of hydrogen-bond donors (Lipinski definition) is 0. The van der Waals surface area contributed by atoms with Gasteiger partial charge in [0.25, 0.3) is 0 Å². The lowest BCUT2D eigenvalue weighted by atomic mass is 10.1. The molecule has 1 aromatic carbocycles. The molecule has 0 aliphatic carbocycles. The summed E-state index contributed by atoms with van der Waals surface area (Å²) in [6.45, 7) is 4.04. The fraction of sp³-hybridized carbons (Fsp3) is 0.235. The minimum atomic E-state index is 0.736. The number of thioether (sulfide) groups is 1. The zero-order valence-corrected chi connectivity index (χ0v) is 16.1. The van der Waals surface area contributed by atoms with Crippen molar-refractivity contribution in [3.05, 3.63) is 57.3 Å². The Morgan fingerprint density at radius 3 is 2.71 bits per heavy atom. The Labute approximate surface area is 154 Å². The van der Waals surface area contributed by atoms with Crippen LogP contribution < -0.4 is 4.74 Å². The Balaban J connectivity index is 1.80. The number of methoxy groups -OCH3 is 1. The lowest BCUT2D eigenvalue weighted by molar-refractivity contribution is 0.407. The fourth-order valence-electron chi connectivity index (χ4n) is 2.40. The largest absolute Gasteiger partial charge is 0.496 e. The van der Waals surface area contributed by atoms with E-state index in [0.717, 1.165) is 42.3 Å². The van der Waals surface area contributed by atoms with Crippen LogP contribution in [-0.2, 0) is 5.75 Å². The van der Waals surface area contributed by atoms with E-state index in [2.05, 4.69) is 10.1 Å². The molecule has 0 saturated heterocycles. The quantitative estimate of drug-likeness (QED) is 0.465. The number of benzene rings is 1. The van der Waals surface area contributed by atoms with Gasteiger partial charge in [-0.1, -0.05) is 41.3 Å². The van der Waals surface area contributed by atoms with Crippen LogP contribution in [0.4, 0.5) is 0 Å². The van der Waals surface area contributed by atoms with Crippen molar-refractivity contribution in [1.29, 1.82) is 0 Å². The highest BCUT2D eigenvalue weighted by Crippen LogP contribution is 2.30. The second-order valence-corrected chi connectivity index (χ2v) is 8.06. The number of rotatable bonds is 5. The number of hydrogen-bond acceptors (Lipinski definition) is 6. The molecule has 0 amide bonds. The lowest BCUT2D eigenvalue weighted by Gasteiger charge is -2.11. The lowest BCUT2D eigenvalue weighted by Crippen LogP contribution is -1.99. The minimum Gasteiger partial charge on any atom is -0.496 e. The highest BCUT2D eigenvalue weighted by Gasteiger charge is 2.12. The zero-order valence-electron chi connectivity index (χ0n) is 13.6. The summed E-state index contributed by atoms with van der Waals surface area (Å²) < 4.78 is 8.95. The van der Waals surface area contributed by atoms with E-state index in [1.54, 1.807) is 23.6 Å². The first-order valence-corrected chi connectivity index (χ1v) is 9.58. The molecule has 124 valence electrons. The third-order valence-electron chi connectivity index (χ3n) is 3.61. The molecule has 0 fully saturated rings. The van der Waals surface area contributed by atoms with E-state index in [1.165, 1.54) is 11.3 Å². The molecule has 2 heterocycles. The number of pyridine rings is 1. The summed E-state index contributed by atoms with van der Waals surface area (Å²) >= 11 is 8.60. The van der Waals surface area contributed by atoms with Gasteiger partial charge in [0.1, 0.15) is 5.75 Å². The highest BCUT2D eigenvalue weighted by molar-refractivity contribution is 8.00. The summed E-state index contributed by atoms with van der Waals surface area (Å²) in [5, 5.41) is 4.62. The first-order valence-electron chi connectivity index (χ1n) is 7.37. The Morgan fingerprint density at radius 2 is 2.00 bits per heavy atom. The maximum Gasteiger partial charge on any atom is 0.184 e. The Kier molecular flexibility index (Phi) is 5.33. The van der Waals surface area contributed by atoms with Crippen LogP contribution in [0.5, 0.6) is 5.75 Å². The third kappa shape index (κ3) is 3.53. The van der Waals surface area contributed by atoms with Crippen LogP contribution in [0.2, 0.25) is 0 Å². The summed E-state index contributed by atoms with van der Waals surface area (Å²) in [6, 6.07) is 9.94. The SMILES string of the molecule is COc1c(C)cnc(CSc2nn(-c3ccccc3)c(=S)s2)c1C. The summed E-state index contributed by atoms with van der Waals surface area (Å²) in [5.41, 5.74) is 4.12. The van der Waals surface area contributed by atoms with Crippen molar-refractivity contribution >= 4 is 35.3 Å². The van der Waals surface area contributed by atoms with E-state index in [-0.39, 0.29) is 0 Å². The maximum absolute atomic E-state index is 5.47. The molecule has 0 unspecified atom stereocenters. The van der Waals surface area contributed by atoms with Gasteiger partial charge in [0, 0.05) is 23.1 Å². The Morgan fingerprint density at radius 1 is 1.25 bits per heavy atom. The Hall–Kier alpha value is -1.70. The second-order valence-electron chi connectivity index (χ2n) is 5.22. The second kappa shape index (κ2) is 7.46. The normalized spacial score (nSPS) is 10.8. The van der Waals surface area contributed by atoms with Gasteiger partial charge in [0.2, 0.25) is 0 Å². The fourth-order valence-corrected chi connectivity index (χ4v) is 4.78. The molecule has 2 aromatic heterocycles. The summed E-state index contributed by atoms with van der Waals surface area (Å²) in [6.07, 6.45) is 1.85. The molecular formula is C17H17N3OS3. The van der Waals surface area contributed by atoms with Crippen molar-refractivity contribution in [3.63, 3.8) is 0 Å². The predicted octanol–water partition coefficient (Wildman–Crippen LogP) is 4.98. The average molecular weight is 376 g/mol. The number of aromatic nitrogens is 3. The maximum atomic E-state index is 5.47. The molecule has 3 aromatic rings. The third-order valence-corrected chi connectivity index (χ3v) is 5.99. The van der Waals surface area contributed by atoms with E-state index < -0.39 is 0 Å². The standard InChI is InChI=1S/C17H17N3OS3/c1-11-9-18-14(12(2)15(11)21-3)10-23-16-19-20(17(22)24-16)13-7-5-4-6-8-13/h4-9H,10H2,1-3H3. The number of para-hydroxylation sites is 1. The van der Waals surface area contributed by atoms with Gasteiger partial charge in [0.05, 0.1) is 18.5 Å². The van der Waals surface area contributed by atoms with Crippen LogP contribution in [0.3, 0.4) is 0 Å². The van der Waals surface area contributed by atoms with Crippen LogP contribution in [0.15, 0.2) is 40.9 Å². The highest BCUT2D eigenvalue weighted by atomic mass is 32.2. The van der Waals surface area contributed by atoms with Crippen molar-refractivity contribution in [2.75, 3.05) is 7.11 Å². The van der Waals surface area contributed by atoms with Crippen LogP contribution >= 0.6 is 35.3 Å². The summed E-state index contributed by atoms with van der Waals surface area (Å²) in [7, 11) is 1.69. The van der Waals surface area contributed by atoms with Crippen LogP contribution in [-0.4, -0.2) is 21.9 Å². The molecule has 0 saturated carbocycles. The number of aryl methyl sites for hydroxylation is 1. The van der Waals surface area contributed by atoms with Gasteiger partial charge in [0.15, 0.2) is 8.29 Å². The average Bonchev–Trinajstić information content (AvgIpc) is 2.96. The molecule has 0 aliphatic rings. The predicted molar refractivity (Wildman–Crippen MR) is 102 cm³/mol. The van der Waals surface area contributed by atoms with Crippen LogP contribution in [0, 0.1) is 17.8 Å². The van der Waals surface area contributed by atoms with E-state index >= 15 is 0 Å². The molecule has 3 rings (SSSR count). The van der Waals surface area contributed by atoms with E-state index in [9.17, 15) is 0 Å². The summed E-state index contributed by atoms with van der Waals surface area (Å²) in [5.74, 6) is 1.64. The molecule has 0 spiro atoms. The van der Waals surface area contributed by atoms with Gasteiger partial charge in [-0.25, -0.2) is 4.68 Å². The molecule has 0 aliphatic heterocycles. The van der Waals surface area contributed by atoms with Crippen molar-refractivity contribution in [1.82, 2.24) is 14.8 Å². The first-order chi connectivity index (χ1) is 11.6. The molecule has 24 heavy (non-hydrogen) atoms. The van der Waals surface area contributed by atoms with Crippen LogP contribution in [0.1, 0.15) is 16.8 Å². The molecule has 7 heteroatoms. The van der Waals surface area contributed by atoms with Gasteiger partial charge in [-0.05, 0) is 38.2 Å². The topological polar surface area (TPSA) is 39.9 Å².